The minimum atomic E-state index is -0.247. The van der Waals surface area contributed by atoms with Crippen LogP contribution in [0.3, 0.4) is 0 Å². The van der Waals surface area contributed by atoms with Crippen LogP contribution in [0.4, 0.5) is 5.69 Å². The van der Waals surface area contributed by atoms with Crippen molar-refractivity contribution in [2.45, 2.75) is 13.8 Å². The zero-order valence-corrected chi connectivity index (χ0v) is 13.9. The van der Waals surface area contributed by atoms with Crippen molar-refractivity contribution in [3.8, 4) is 0 Å². The van der Waals surface area contributed by atoms with Crippen LogP contribution in [0.2, 0.25) is 5.02 Å². The molecule has 0 heterocycles. The van der Waals surface area contributed by atoms with Gasteiger partial charge in [-0.2, -0.15) is 0 Å². The monoisotopic (exact) mass is 330 g/mol. The Balaban J connectivity index is 1.97. The molecule has 0 aliphatic rings. The Hall–Kier alpha value is -2.33. The molecule has 23 heavy (non-hydrogen) atoms. The van der Waals surface area contributed by atoms with E-state index in [4.69, 9.17) is 11.6 Å². The van der Waals surface area contributed by atoms with Gasteiger partial charge in [-0.15, -0.1) is 0 Å². The fourth-order valence-electron chi connectivity index (χ4n) is 2.21. The highest BCUT2D eigenvalue weighted by atomic mass is 35.5. The van der Waals surface area contributed by atoms with E-state index in [-0.39, 0.29) is 11.8 Å². The Morgan fingerprint density at radius 2 is 1.74 bits per heavy atom. The van der Waals surface area contributed by atoms with Gasteiger partial charge in [-0.25, -0.2) is 0 Å². The number of carbonyl (C=O) groups excluding carboxylic acids is 2. The van der Waals surface area contributed by atoms with Crippen LogP contribution in [0.25, 0.3) is 0 Å². The third kappa shape index (κ3) is 4.57. The summed E-state index contributed by atoms with van der Waals surface area (Å²) in [6.45, 7) is 4.24. The highest BCUT2D eigenvalue weighted by Gasteiger charge is 2.13. The molecule has 0 bridgehead atoms. The average Bonchev–Trinajstić information content (AvgIpc) is 2.52. The quantitative estimate of drug-likeness (QED) is 0.913. The maximum atomic E-state index is 12.1. The number of carbonyl (C=O) groups is 2. The van der Waals surface area contributed by atoms with Crippen molar-refractivity contribution in [2.24, 2.45) is 0 Å². The Kier molecular flexibility index (Phi) is 5.77. The van der Waals surface area contributed by atoms with Gasteiger partial charge in [0.25, 0.3) is 5.91 Å². The molecular weight excluding hydrogens is 312 g/mol. The standard InChI is InChI=1S/C18H19ClN2O2/c1-13-7-9-15(10-8-13)21(14(2)22)12-11-20-18(23)16-5-3-4-6-17(16)19/h3-10H,11-12H2,1-2H3,(H,20,23). The lowest BCUT2D eigenvalue weighted by Gasteiger charge is -2.21. The van der Waals surface area contributed by atoms with E-state index in [1.54, 1.807) is 29.2 Å². The number of rotatable bonds is 5. The first-order valence-electron chi connectivity index (χ1n) is 7.36. The van der Waals surface area contributed by atoms with Crippen molar-refractivity contribution in [1.29, 1.82) is 0 Å². The number of nitrogens with one attached hydrogen (secondary N) is 1. The first-order chi connectivity index (χ1) is 11.0. The van der Waals surface area contributed by atoms with Crippen LogP contribution in [0.1, 0.15) is 22.8 Å². The van der Waals surface area contributed by atoms with Crippen LogP contribution in [0, 0.1) is 6.92 Å². The minimum Gasteiger partial charge on any atom is -0.350 e. The van der Waals surface area contributed by atoms with Gasteiger partial charge in [-0.05, 0) is 31.2 Å². The Labute approximate surface area is 141 Å². The van der Waals surface area contributed by atoms with E-state index in [1.807, 2.05) is 31.2 Å². The molecule has 0 saturated carbocycles. The lowest BCUT2D eigenvalue weighted by Crippen LogP contribution is -2.37. The smallest absolute Gasteiger partial charge is 0.252 e. The lowest BCUT2D eigenvalue weighted by molar-refractivity contribution is -0.116. The van der Waals surface area contributed by atoms with Crippen molar-refractivity contribution in [1.82, 2.24) is 5.32 Å². The first-order valence-corrected chi connectivity index (χ1v) is 7.74. The maximum Gasteiger partial charge on any atom is 0.252 e. The van der Waals surface area contributed by atoms with Crippen LogP contribution < -0.4 is 10.2 Å². The predicted octanol–water partition coefficient (Wildman–Crippen LogP) is 3.43. The summed E-state index contributed by atoms with van der Waals surface area (Å²) in [4.78, 5) is 25.6. The fourth-order valence-corrected chi connectivity index (χ4v) is 2.44. The number of nitrogens with zero attached hydrogens (tertiary/aromatic N) is 1. The second-order valence-electron chi connectivity index (χ2n) is 5.24. The van der Waals surface area contributed by atoms with Gasteiger partial charge in [0.1, 0.15) is 0 Å². The number of hydrogen-bond donors (Lipinski definition) is 1. The number of hydrogen-bond acceptors (Lipinski definition) is 2. The molecule has 1 N–H and O–H groups in total. The molecule has 5 heteroatoms. The molecule has 0 radical (unpaired) electrons. The lowest BCUT2D eigenvalue weighted by atomic mass is 10.2. The van der Waals surface area contributed by atoms with Gasteiger partial charge in [0.15, 0.2) is 0 Å². The summed E-state index contributed by atoms with van der Waals surface area (Å²) in [5, 5.41) is 3.20. The molecule has 0 atom stereocenters. The van der Waals surface area contributed by atoms with Crippen LogP contribution >= 0.6 is 11.6 Å². The number of aryl methyl sites for hydroxylation is 1. The van der Waals surface area contributed by atoms with Crippen molar-refractivity contribution in [2.75, 3.05) is 18.0 Å². The van der Waals surface area contributed by atoms with E-state index in [9.17, 15) is 9.59 Å². The number of amides is 2. The second-order valence-corrected chi connectivity index (χ2v) is 5.65. The van der Waals surface area contributed by atoms with Gasteiger partial charge in [0.2, 0.25) is 5.91 Å². The third-order valence-corrected chi connectivity index (χ3v) is 3.79. The van der Waals surface area contributed by atoms with E-state index in [0.29, 0.717) is 23.7 Å². The van der Waals surface area contributed by atoms with E-state index in [0.717, 1.165) is 11.3 Å². The highest BCUT2D eigenvalue weighted by molar-refractivity contribution is 6.33. The third-order valence-electron chi connectivity index (χ3n) is 3.47. The zero-order chi connectivity index (χ0) is 16.8. The molecule has 4 nitrogen and oxygen atoms in total. The molecular formula is C18H19ClN2O2. The molecule has 0 spiro atoms. The van der Waals surface area contributed by atoms with E-state index >= 15 is 0 Å². The number of benzene rings is 2. The summed E-state index contributed by atoms with van der Waals surface area (Å²) in [5.74, 6) is -0.316. The molecule has 0 unspecified atom stereocenters. The summed E-state index contributed by atoms with van der Waals surface area (Å²) in [6.07, 6.45) is 0. The number of anilines is 1. The molecule has 0 aliphatic heterocycles. The SMILES string of the molecule is CC(=O)N(CCNC(=O)c1ccccc1Cl)c1ccc(C)cc1. The van der Waals surface area contributed by atoms with Gasteiger partial charge >= 0.3 is 0 Å². The van der Waals surface area contributed by atoms with Crippen molar-refractivity contribution in [3.05, 3.63) is 64.7 Å². The molecule has 0 fully saturated rings. The van der Waals surface area contributed by atoms with Crippen LogP contribution in [0.5, 0.6) is 0 Å². The Morgan fingerprint density at radius 1 is 1.09 bits per heavy atom. The van der Waals surface area contributed by atoms with Gasteiger partial charge in [-0.3, -0.25) is 9.59 Å². The molecule has 0 aliphatic carbocycles. The second kappa shape index (κ2) is 7.79. The largest absolute Gasteiger partial charge is 0.350 e. The molecule has 0 aromatic heterocycles. The Bertz CT molecular complexity index is 698. The maximum absolute atomic E-state index is 12.1. The zero-order valence-electron chi connectivity index (χ0n) is 13.2. The minimum absolute atomic E-state index is 0.0687. The average molecular weight is 331 g/mol. The highest BCUT2D eigenvalue weighted by Crippen LogP contribution is 2.16. The molecule has 2 amide bonds. The normalized spacial score (nSPS) is 10.2. The Morgan fingerprint density at radius 3 is 2.35 bits per heavy atom. The summed E-state index contributed by atoms with van der Waals surface area (Å²) in [7, 11) is 0. The molecule has 0 saturated heterocycles. The van der Waals surface area contributed by atoms with E-state index in [1.165, 1.54) is 6.92 Å². The van der Waals surface area contributed by atoms with Gasteiger partial charge in [0.05, 0.1) is 10.6 Å². The van der Waals surface area contributed by atoms with Gasteiger partial charge in [0, 0.05) is 25.7 Å². The summed E-state index contributed by atoms with van der Waals surface area (Å²) < 4.78 is 0. The van der Waals surface area contributed by atoms with Gasteiger partial charge < -0.3 is 10.2 Å². The topological polar surface area (TPSA) is 49.4 Å². The van der Waals surface area contributed by atoms with Crippen LogP contribution in [-0.2, 0) is 4.79 Å². The van der Waals surface area contributed by atoms with E-state index in [2.05, 4.69) is 5.32 Å². The van der Waals surface area contributed by atoms with Crippen molar-refractivity contribution in [3.63, 3.8) is 0 Å². The summed E-state index contributed by atoms with van der Waals surface area (Å²) >= 11 is 6.00. The fraction of sp³-hybridized carbons (Fsp3) is 0.222. The molecule has 2 aromatic rings. The predicted molar refractivity (Wildman–Crippen MR) is 93.0 cm³/mol. The summed E-state index contributed by atoms with van der Waals surface area (Å²) in [5.41, 5.74) is 2.37. The van der Waals surface area contributed by atoms with Crippen LogP contribution in [-0.4, -0.2) is 24.9 Å². The summed E-state index contributed by atoms with van der Waals surface area (Å²) in [6, 6.07) is 14.6. The molecule has 2 rings (SSSR count). The molecule has 2 aromatic carbocycles. The number of halogens is 1. The first kappa shape index (κ1) is 17.0. The molecule has 120 valence electrons. The van der Waals surface area contributed by atoms with Crippen molar-refractivity contribution < 1.29 is 9.59 Å². The van der Waals surface area contributed by atoms with Crippen LogP contribution in [0.15, 0.2) is 48.5 Å². The van der Waals surface area contributed by atoms with Gasteiger partial charge in [-0.1, -0.05) is 41.4 Å². The van der Waals surface area contributed by atoms with E-state index < -0.39 is 0 Å². The van der Waals surface area contributed by atoms with Crippen molar-refractivity contribution >= 4 is 29.1 Å².